The molecule has 0 aromatic heterocycles. The van der Waals surface area contributed by atoms with Gasteiger partial charge in [-0.2, -0.15) is 0 Å². The number of anilines is 1. The minimum atomic E-state index is -0.896. The predicted molar refractivity (Wildman–Crippen MR) is 129 cm³/mol. The van der Waals surface area contributed by atoms with Crippen molar-refractivity contribution in [3.63, 3.8) is 0 Å². The second-order valence-electron chi connectivity index (χ2n) is 9.83. The van der Waals surface area contributed by atoms with Crippen LogP contribution in [0, 0.1) is 5.41 Å². The Morgan fingerprint density at radius 2 is 2.03 bits per heavy atom. The molecule has 0 spiro atoms. The molecule has 11 heteroatoms. The van der Waals surface area contributed by atoms with E-state index in [1.54, 1.807) is 6.92 Å². The number of hydrogen-bond donors (Lipinski definition) is 3. The van der Waals surface area contributed by atoms with E-state index in [0.29, 0.717) is 31.7 Å². The summed E-state index contributed by atoms with van der Waals surface area (Å²) in [6, 6.07) is 2.26. The summed E-state index contributed by atoms with van der Waals surface area (Å²) in [6.07, 6.45) is 0.255. The minimum Gasteiger partial charge on any atom is -0.433 e. The number of nitrogens with one attached hydrogen (secondary N) is 2. The van der Waals surface area contributed by atoms with Crippen molar-refractivity contribution in [2.75, 3.05) is 18.9 Å². The lowest BCUT2D eigenvalue weighted by atomic mass is 9.85. The normalized spacial score (nSPS) is 23.1. The fourth-order valence-electron chi connectivity index (χ4n) is 4.25. The van der Waals surface area contributed by atoms with Crippen LogP contribution >= 0.6 is 11.6 Å². The van der Waals surface area contributed by atoms with Gasteiger partial charge in [-0.15, -0.1) is 0 Å². The first-order chi connectivity index (χ1) is 16.4. The molecule has 2 heterocycles. The zero-order chi connectivity index (χ0) is 25.9. The summed E-state index contributed by atoms with van der Waals surface area (Å²) in [4.78, 5) is 52.9. The molecule has 2 aliphatic heterocycles. The van der Waals surface area contributed by atoms with Crippen molar-refractivity contribution in [3.8, 4) is 0 Å². The third-order valence-electron chi connectivity index (χ3n) is 6.11. The summed E-state index contributed by atoms with van der Waals surface area (Å²) >= 11 is 6.05. The number of hydrogen-bond acceptors (Lipinski definition) is 7. The second kappa shape index (κ2) is 10.8. The van der Waals surface area contributed by atoms with Gasteiger partial charge in [-0.25, -0.2) is 0 Å². The molecule has 2 fully saturated rings. The molecule has 0 unspecified atom stereocenters. The van der Waals surface area contributed by atoms with E-state index in [0.717, 1.165) is 0 Å². The number of amides is 3. The Kier molecular flexibility index (Phi) is 8.27. The van der Waals surface area contributed by atoms with Gasteiger partial charge in [0.2, 0.25) is 18.1 Å². The maximum atomic E-state index is 13.6. The molecule has 0 bridgehead atoms. The van der Waals surface area contributed by atoms with E-state index in [4.69, 9.17) is 26.8 Å². The predicted octanol–water partition coefficient (Wildman–Crippen LogP) is 1.85. The number of nitrogen functional groups attached to an aromatic ring is 1. The van der Waals surface area contributed by atoms with Gasteiger partial charge in [0, 0.05) is 18.7 Å². The number of nitrogens with two attached hydrogens (primary N) is 1. The first kappa shape index (κ1) is 26.7. The smallest absolute Gasteiger partial charge is 0.310 e. The monoisotopic (exact) mass is 508 g/mol. The Morgan fingerprint density at radius 1 is 1.31 bits per heavy atom. The summed E-state index contributed by atoms with van der Waals surface area (Å²) < 4.78 is 10.5. The topological polar surface area (TPSA) is 140 Å². The number of benzene rings is 1. The fraction of sp³-hybridized carbons (Fsp3) is 0.583. The molecule has 0 aliphatic carbocycles. The van der Waals surface area contributed by atoms with Gasteiger partial charge in [0.15, 0.2) is 0 Å². The number of halogens is 1. The first-order valence-corrected chi connectivity index (χ1v) is 12.1. The van der Waals surface area contributed by atoms with Gasteiger partial charge in [0.1, 0.15) is 18.1 Å². The third-order valence-corrected chi connectivity index (χ3v) is 6.44. The largest absolute Gasteiger partial charge is 0.433 e. The third kappa shape index (κ3) is 6.24. The molecule has 3 rings (SSSR count). The van der Waals surface area contributed by atoms with Gasteiger partial charge in [-0.05, 0) is 43.4 Å². The summed E-state index contributed by atoms with van der Waals surface area (Å²) in [5.74, 6) is -1.66. The zero-order valence-electron chi connectivity index (χ0n) is 20.4. The molecule has 2 saturated heterocycles. The highest BCUT2D eigenvalue weighted by atomic mass is 35.5. The first-order valence-electron chi connectivity index (χ1n) is 11.7. The highest BCUT2D eigenvalue weighted by Crippen LogP contribution is 2.27. The molecule has 1 aromatic rings. The number of carbonyl (C=O) groups excluding carboxylic acids is 4. The van der Waals surface area contributed by atoms with Crippen molar-refractivity contribution in [3.05, 3.63) is 28.8 Å². The highest BCUT2D eigenvalue weighted by molar-refractivity contribution is 6.33. The summed E-state index contributed by atoms with van der Waals surface area (Å²) in [5.41, 5.74) is 5.71. The molecule has 192 valence electrons. The SMILES string of the molecule is CCO[C@@H]1OC(=O)C[C@@H]1NC(=O)[C@H]1CCCN1C(=O)[C@@H](NC(=O)c1ccc(N)c(Cl)c1)C(C)(C)C. The number of cyclic esters (lactones) is 1. The van der Waals surface area contributed by atoms with Crippen molar-refractivity contribution >= 4 is 41.0 Å². The summed E-state index contributed by atoms with van der Waals surface area (Å²) in [5, 5.41) is 5.86. The van der Waals surface area contributed by atoms with Crippen molar-refractivity contribution < 1.29 is 28.7 Å². The van der Waals surface area contributed by atoms with Crippen LogP contribution in [0.2, 0.25) is 5.02 Å². The van der Waals surface area contributed by atoms with E-state index >= 15 is 0 Å². The molecule has 1 aromatic carbocycles. The fourth-order valence-corrected chi connectivity index (χ4v) is 4.43. The molecule has 10 nitrogen and oxygen atoms in total. The standard InChI is InChI=1S/C24H33ClN4O6/c1-5-34-23-16(12-18(30)35-23)27-21(32)17-7-6-10-29(17)22(33)19(24(2,3)4)28-20(31)13-8-9-15(26)14(25)11-13/h8-9,11,16-17,19,23H,5-7,10,12,26H2,1-4H3,(H,27,32)(H,28,31)/t16-,17+,19+,23+/m0/s1. The van der Waals surface area contributed by atoms with E-state index in [2.05, 4.69) is 10.6 Å². The van der Waals surface area contributed by atoms with Gasteiger partial charge >= 0.3 is 5.97 Å². The average molecular weight is 509 g/mol. The zero-order valence-corrected chi connectivity index (χ0v) is 21.2. The molecular weight excluding hydrogens is 476 g/mol. The molecule has 2 aliphatic rings. The van der Waals surface area contributed by atoms with E-state index in [1.807, 2.05) is 20.8 Å². The second-order valence-corrected chi connectivity index (χ2v) is 10.2. The van der Waals surface area contributed by atoms with Crippen LogP contribution < -0.4 is 16.4 Å². The lowest BCUT2D eigenvalue weighted by molar-refractivity contribution is -0.164. The van der Waals surface area contributed by atoms with Crippen LogP contribution in [0.25, 0.3) is 0 Å². The minimum absolute atomic E-state index is 0.00188. The van der Waals surface area contributed by atoms with Gasteiger partial charge in [-0.1, -0.05) is 32.4 Å². The lowest BCUT2D eigenvalue weighted by Gasteiger charge is -2.35. The van der Waals surface area contributed by atoms with Crippen LogP contribution in [0.4, 0.5) is 5.69 Å². The van der Waals surface area contributed by atoms with Gasteiger partial charge in [0.25, 0.3) is 5.91 Å². The van der Waals surface area contributed by atoms with Crippen LogP contribution in [0.3, 0.4) is 0 Å². The van der Waals surface area contributed by atoms with Gasteiger partial charge in [-0.3, -0.25) is 19.2 Å². The molecule has 4 N–H and O–H groups in total. The number of esters is 1. The molecule has 3 amide bonds. The van der Waals surface area contributed by atoms with Crippen molar-refractivity contribution in [1.82, 2.24) is 15.5 Å². The number of ether oxygens (including phenoxy) is 2. The maximum Gasteiger partial charge on any atom is 0.310 e. The molecular formula is C24H33ClN4O6. The molecule has 35 heavy (non-hydrogen) atoms. The van der Waals surface area contributed by atoms with Crippen LogP contribution in [0.15, 0.2) is 18.2 Å². The van der Waals surface area contributed by atoms with Crippen LogP contribution in [-0.2, 0) is 23.9 Å². The van der Waals surface area contributed by atoms with Crippen LogP contribution in [-0.4, -0.2) is 66.2 Å². The van der Waals surface area contributed by atoms with E-state index in [1.165, 1.54) is 23.1 Å². The maximum absolute atomic E-state index is 13.6. The Bertz CT molecular complexity index is 995. The Balaban J connectivity index is 1.74. The van der Waals surface area contributed by atoms with Gasteiger partial charge in [0.05, 0.1) is 17.1 Å². The van der Waals surface area contributed by atoms with Gasteiger partial charge < -0.3 is 30.7 Å². The lowest BCUT2D eigenvalue weighted by Crippen LogP contribution is -2.58. The van der Waals surface area contributed by atoms with Crippen LogP contribution in [0.5, 0.6) is 0 Å². The number of carbonyl (C=O) groups is 4. The Hall–Kier alpha value is -2.85. The van der Waals surface area contributed by atoms with E-state index < -0.39 is 41.7 Å². The summed E-state index contributed by atoms with van der Waals surface area (Å²) in [6.45, 7) is 7.98. The van der Waals surface area contributed by atoms with E-state index in [9.17, 15) is 19.2 Å². The Labute approximate surface area is 209 Å². The van der Waals surface area contributed by atoms with Crippen LogP contribution in [0.1, 0.15) is 57.3 Å². The molecule has 4 atom stereocenters. The number of nitrogens with zero attached hydrogens (tertiary/aromatic N) is 1. The quantitative estimate of drug-likeness (QED) is 0.377. The molecule has 0 radical (unpaired) electrons. The van der Waals surface area contributed by atoms with Crippen molar-refractivity contribution in [1.29, 1.82) is 0 Å². The molecule has 0 saturated carbocycles. The van der Waals surface area contributed by atoms with Crippen molar-refractivity contribution in [2.45, 2.75) is 71.4 Å². The number of likely N-dealkylation sites (tertiary alicyclic amines) is 1. The highest BCUT2D eigenvalue weighted by Gasteiger charge is 2.44. The van der Waals surface area contributed by atoms with E-state index in [-0.39, 0.29) is 28.8 Å². The van der Waals surface area contributed by atoms with Crippen molar-refractivity contribution in [2.24, 2.45) is 5.41 Å². The number of rotatable bonds is 7. The average Bonchev–Trinajstić information content (AvgIpc) is 3.39. The summed E-state index contributed by atoms with van der Waals surface area (Å²) in [7, 11) is 0. The Morgan fingerprint density at radius 3 is 2.66 bits per heavy atom.